The monoisotopic (exact) mass is 269 g/mol. The Morgan fingerprint density at radius 2 is 2.14 bits per heavy atom. The second-order valence-corrected chi connectivity index (χ2v) is 4.36. The molecule has 1 saturated carbocycles. The Labute approximate surface area is 90.8 Å². The topological polar surface area (TPSA) is 20.3 Å². The van der Waals surface area contributed by atoms with Gasteiger partial charge in [-0.05, 0) is 18.8 Å². The highest BCUT2D eigenvalue weighted by Gasteiger charge is 2.27. The Morgan fingerprint density at radius 1 is 1.50 bits per heavy atom. The van der Waals surface area contributed by atoms with Gasteiger partial charge in [-0.15, -0.1) is 0 Å². The van der Waals surface area contributed by atoms with Crippen LogP contribution in [0.3, 0.4) is 0 Å². The van der Waals surface area contributed by atoms with Crippen molar-refractivity contribution in [3.8, 4) is 0 Å². The van der Waals surface area contributed by atoms with E-state index in [1.54, 1.807) is 0 Å². The molecule has 0 atom stereocenters. The molecular weight excluding hydrogens is 256 g/mol. The zero-order valence-electron chi connectivity index (χ0n) is 7.89. The van der Waals surface area contributed by atoms with Crippen LogP contribution in [0.1, 0.15) is 19.3 Å². The van der Waals surface area contributed by atoms with Gasteiger partial charge in [0.05, 0.1) is 6.54 Å². The number of amides is 1. The van der Waals surface area contributed by atoms with Gasteiger partial charge in [0.15, 0.2) is 0 Å². The van der Waals surface area contributed by atoms with Crippen LogP contribution in [0.15, 0.2) is 0 Å². The molecule has 0 unspecified atom stereocenters. The molecule has 1 fully saturated rings. The van der Waals surface area contributed by atoms with E-state index < -0.39 is 13.0 Å². The molecule has 0 spiro atoms. The lowest BCUT2D eigenvalue weighted by molar-refractivity contribution is -0.133. The lowest BCUT2D eigenvalue weighted by Gasteiger charge is -2.21. The molecule has 82 valence electrons. The van der Waals surface area contributed by atoms with Crippen molar-refractivity contribution in [1.29, 1.82) is 0 Å². The molecule has 0 saturated heterocycles. The summed E-state index contributed by atoms with van der Waals surface area (Å²) in [5.41, 5.74) is 0. The molecule has 0 bridgehead atoms. The maximum absolute atomic E-state index is 12.1. The SMILES string of the molecule is O=C(CC1CC1)N(CCBr)CC(F)F. The minimum Gasteiger partial charge on any atom is -0.336 e. The molecule has 2 nitrogen and oxygen atoms in total. The summed E-state index contributed by atoms with van der Waals surface area (Å²) in [6.07, 6.45) is 0.155. The average Bonchev–Trinajstić information content (AvgIpc) is 2.86. The van der Waals surface area contributed by atoms with Crippen LogP contribution in [0.5, 0.6) is 0 Å². The third-order valence-electron chi connectivity index (χ3n) is 2.23. The summed E-state index contributed by atoms with van der Waals surface area (Å²) in [6.45, 7) is -0.0625. The van der Waals surface area contributed by atoms with Gasteiger partial charge in [0, 0.05) is 18.3 Å². The zero-order chi connectivity index (χ0) is 10.6. The highest BCUT2D eigenvalue weighted by molar-refractivity contribution is 9.09. The highest BCUT2D eigenvalue weighted by Crippen LogP contribution is 2.32. The van der Waals surface area contributed by atoms with E-state index in [0.29, 0.717) is 24.2 Å². The van der Waals surface area contributed by atoms with Crippen LogP contribution in [0.2, 0.25) is 0 Å². The summed E-state index contributed by atoms with van der Waals surface area (Å²) in [5.74, 6) is 0.324. The van der Waals surface area contributed by atoms with Crippen LogP contribution in [0.25, 0.3) is 0 Å². The molecule has 0 aliphatic heterocycles. The second kappa shape index (κ2) is 5.63. The molecule has 1 rings (SSSR count). The number of halogens is 3. The van der Waals surface area contributed by atoms with E-state index >= 15 is 0 Å². The average molecular weight is 270 g/mol. The second-order valence-electron chi connectivity index (χ2n) is 3.57. The number of carbonyl (C=O) groups excluding carboxylic acids is 1. The molecule has 0 heterocycles. The lowest BCUT2D eigenvalue weighted by Crippen LogP contribution is -2.36. The third kappa shape index (κ3) is 4.35. The van der Waals surface area contributed by atoms with E-state index in [1.165, 1.54) is 4.90 Å². The van der Waals surface area contributed by atoms with E-state index in [9.17, 15) is 13.6 Å². The van der Waals surface area contributed by atoms with Crippen molar-refractivity contribution in [3.05, 3.63) is 0 Å². The van der Waals surface area contributed by atoms with Crippen LogP contribution in [0.4, 0.5) is 8.78 Å². The molecule has 1 aliphatic rings. The van der Waals surface area contributed by atoms with Crippen LogP contribution in [-0.4, -0.2) is 35.7 Å². The van der Waals surface area contributed by atoms with Gasteiger partial charge in [-0.3, -0.25) is 4.79 Å². The van der Waals surface area contributed by atoms with Crippen LogP contribution >= 0.6 is 15.9 Å². The molecule has 0 N–H and O–H groups in total. The van der Waals surface area contributed by atoms with Gasteiger partial charge in [-0.25, -0.2) is 8.78 Å². The molecule has 0 aromatic rings. The minimum atomic E-state index is -2.43. The standard InChI is InChI=1S/C9H14BrF2NO/c10-3-4-13(6-8(11)12)9(14)5-7-1-2-7/h7-8H,1-6H2. The number of nitrogens with zero attached hydrogens (tertiary/aromatic N) is 1. The fraction of sp³-hybridized carbons (Fsp3) is 0.889. The number of rotatable bonds is 6. The van der Waals surface area contributed by atoms with Gasteiger partial charge in [0.2, 0.25) is 5.91 Å². The van der Waals surface area contributed by atoms with Gasteiger partial charge in [-0.2, -0.15) is 0 Å². The zero-order valence-corrected chi connectivity index (χ0v) is 9.47. The van der Waals surface area contributed by atoms with Gasteiger partial charge in [0.1, 0.15) is 0 Å². The number of hydrogen-bond acceptors (Lipinski definition) is 1. The van der Waals surface area contributed by atoms with Crippen molar-refractivity contribution in [2.45, 2.75) is 25.7 Å². The first-order chi connectivity index (χ1) is 6.63. The molecule has 0 aromatic heterocycles. The molecule has 14 heavy (non-hydrogen) atoms. The van der Waals surface area contributed by atoms with Crippen molar-refractivity contribution in [1.82, 2.24) is 4.90 Å². The van der Waals surface area contributed by atoms with E-state index in [-0.39, 0.29) is 5.91 Å². The quantitative estimate of drug-likeness (QED) is 0.678. The minimum absolute atomic E-state index is 0.132. The third-order valence-corrected chi connectivity index (χ3v) is 2.58. The van der Waals surface area contributed by atoms with Gasteiger partial charge in [-0.1, -0.05) is 15.9 Å². The van der Waals surface area contributed by atoms with Crippen molar-refractivity contribution >= 4 is 21.8 Å². The molecule has 1 amide bonds. The summed E-state index contributed by atoms with van der Waals surface area (Å²) in [7, 11) is 0. The normalized spacial score (nSPS) is 16.0. The first-order valence-electron chi connectivity index (χ1n) is 4.75. The molecule has 5 heteroatoms. The van der Waals surface area contributed by atoms with Crippen molar-refractivity contribution in [3.63, 3.8) is 0 Å². The summed E-state index contributed by atoms with van der Waals surface area (Å²) >= 11 is 3.15. The summed E-state index contributed by atoms with van der Waals surface area (Å²) in [4.78, 5) is 12.7. The van der Waals surface area contributed by atoms with Crippen molar-refractivity contribution in [2.24, 2.45) is 5.92 Å². The fourth-order valence-electron chi connectivity index (χ4n) is 1.28. The molecular formula is C9H14BrF2NO. The Morgan fingerprint density at radius 3 is 2.57 bits per heavy atom. The van der Waals surface area contributed by atoms with Crippen LogP contribution < -0.4 is 0 Å². The fourth-order valence-corrected chi connectivity index (χ4v) is 1.71. The molecule has 0 aromatic carbocycles. The van der Waals surface area contributed by atoms with Gasteiger partial charge < -0.3 is 4.90 Å². The first kappa shape index (κ1) is 11.9. The first-order valence-corrected chi connectivity index (χ1v) is 5.87. The van der Waals surface area contributed by atoms with Gasteiger partial charge in [0.25, 0.3) is 6.43 Å². The van der Waals surface area contributed by atoms with E-state index in [1.807, 2.05) is 0 Å². The van der Waals surface area contributed by atoms with Crippen LogP contribution in [0, 0.1) is 5.92 Å². The summed E-state index contributed by atoms with van der Waals surface area (Å²) in [5, 5.41) is 0.552. The largest absolute Gasteiger partial charge is 0.336 e. The highest BCUT2D eigenvalue weighted by atomic mass is 79.9. The maximum Gasteiger partial charge on any atom is 0.255 e. The number of carbonyl (C=O) groups is 1. The van der Waals surface area contributed by atoms with E-state index in [0.717, 1.165) is 12.8 Å². The van der Waals surface area contributed by atoms with E-state index in [2.05, 4.69) is 15.9 Å². The summed E-state index contributed by atoms with van der Waals surface area (Å²) in [6, 6.07) is 0. The Kier molecular flexibility index (Phi) is 4.78. The Balaban J connectivity index is 2.33. The summed E-state index contributed by atoms with van der Waals surface area (Å²) < 4.78 is 24.2. The van der Waals surface area contributed by atoms with Gasteiger partial charge >= 0.3 is 0 Å². The molecule has 0 radical (unpaired) electrons. The molecule has 1 aliphatic carbocycles. The maximum atomic E-state index is 12.1. The van der Waals surface area contributed by atoms with Crippen LogP contribution in [-0.2, 0) is 4.79 Å². The van der Waals surface area contributed by atoms with Crippen molar-refractivity contribution in [2.75, 3.05) is 18.4 Å². The van der Waals surface area contributed by atoms with E-state index in [4.69, 9.17) is 0 Å². The smallest absolute Gasteiger partial charge is 0.255 e. The number of alkyl halides is 3. The Bertz CT molecular complexity index is 197. The number of hydrogen-bond donors (Lipinski definition) is 0. The Hall–Kier alpha value is -0.190. The predicted octanol–water partition coefficient (Wildman–Crippen LogP) is 2.28. The predicted molar refractivity (Wildman–Crippen MR) is 53.7 cm³/mol. The lowest BCUT2D eigenvalue weighted by atomic mass is 10.2. The van der Waals surface area contributed by atoms with Crippen molar-refractivity contribution < 1.29 is 13.6 Å².